The lowest BCUT2D eigenvalue weighted by Crippen LogP contribution is -2.46. The molecule has 1 rings (SSSR count). The van der Waals surface area contributed by atoms with Gasteiger partial charge in [0.2, 0.25) is 0 Å². The van der Waals surface area contributed by atoms with Crippen LogP contribution in [0.3, 0.4) is 0 Å². The van der Waals surface area contributed by atoms with Crippen LogP contribution in [0.1, 0.15) is 25.7 Å². The van der Waals surface area contributed by atoms with Crippen molar-refractivity contribution in [1.82, 2.24) is 0 Å². The van der Waals surface area contributed by atoms with Crippen molar-refractivity contribution in [1.29, 1.82) is 0 Å². The molecule has 1 saturated heterocycles. The van der Waals surface area contributed by atoms with Gasteiger partial charge in [-0.3, -0.25) is 0 Å². The van der Waals surface area contributed by atoms with E-state index in [2.05, 4.69) is 0 Å². The van der Waals surface area contributed by atoms with Crippen LogP contribution in [0.25, 0.3) is 0 Å². The summed E-state index contributed by atoms with van der Waals surface area (Å²) in [5.41, 5.74) is 0. The Bertz CT molecular complexity index is 208. The average Bonchev–Trinajstić information content (AvgIpc) is 2.93. The summed E-state index contributed by atoms with van der Waals surface area (Å²) in [5, 5.41) is 0. The summed E-state index contributed by atoms with van der Waals surface area (Å²) < 4.78 is 27.4. The summed E-state index contributed by atoms with van der Waals surface area (Å²) in [6, 6.07) is 0.680. The lowest BCUT2D eigenvalue weighted by molar-refractivity contribution is 0.0492. The lowest BCUT2D eigenvalue weighted by atomic mass is 10.1. The van der Waals surface area contributed by atoms with Gasteiger partial charge in [-0.25, -0.2) is 0 Å². The van der Waals surface area contributed by atoms with Crippen LogP contribution in [-0.4, -0.2) is 56.1 Å². The summed E-state index contributed by atoms with van der Waals surface area (Å²) in [7, 11) is 4.07. The maximum atomic E-state index is 5.62. The molecule has 0 bridgehead atoms. The number of rotatable bonds is 9. The van der Waals surface area contributed by atoms with Crippen LogP contribution < -0.4 is 0 Å². The molecule has 0 aromatic rings. The molecular weight excluding hydrogens is 252 g/mol. The summed E-state index contributed by atoms with van der Waals surface area (Å²) in [4.78, 5) is 0. The lowest BCUT2D eigenvalue weighted by Gasteiger charge is -2.28. The molecule has 1 aliphatic rings. The van der Waals surface area contributed by atoms with E-state index in [0.29, 0.717) is 12.1 Å². The quantitative estimate of drug-likeness (QED) is 0.602. The monoisotopic (exact) mass is 278 g/mol. The van der Waals surface area contributed by atoms with Crippen molar-refractivity contribution in [3.05, 3.63) is 0 Å². The Labute approximate surface area is 111 Å². The van der Waals surface area contributed by atoms with Gasteiger partial charge in [-0.15, -0.1) is 0 Å². The van der Waals surface area contributed by atoms with Gasteiger partial charge < -0.3 is 22.8 Å². The van der Waals surface area contributed by atoms with Crippen molar-refractivity contribution in [3.63, 3.8) is 0 Å². The van der Waals surface area contributed by atoms with Crippen LogP contribution in [-0.2, 0) is 22.8 Å². The van der Waals surface area contributed by atoms with E-state index in [0.717, 1.165) is 25.9 Å². The Kier molecular flexibility index (Phi) is 7.36. The van der Waals surface area contributed by atoms with E-state index < -0.39 is 8.80 Å². The van der Waals surface area contributed by atoms with Crippen molar-refractivity contribution >= 4 is 8.80 Å². The standard InChI is InChI=1S/C12H26O5Si/c1-13-12(8-7-11-6-5-9-17-11)10-18(14-2,15-3)16-4/h11-12H,5-10H2,1-4H3. The highest BCUT2D eigenvalue weighted by molar-refractivity contribution is 6.60. The number of ether oxygens (including phenoxy) is 2. The fraction of sp³-hybridized carbons (Fsp3) is 1.00. The third-order valence-corrected chi connectivity index (χ3v) is 6.40. The minimum atomic E-state index is -2.54. The van der Waals surface area contributed by atoms with Gasteiger partial charge in [0.1, 0.15) is 0 Å². The molecule has 0 spiro atoms. The predicted molar refractivity (Wildman–Crippen MR) is 70.6 cm³/mol. The van der Waals surface area contributed by atoms with E-state index in [-0.39, 0.29) is 6.10 Å². The normalized spacial score (nSPS) is 22.3. The Balaban J connectivity index is 2.39. The molecule has 0 aromatic heterocycles. The molecule has 0 aliphatic carbocycles. The van der Waals surface area contributed by atoms with Gasteiger partial charge in [0, 0.05) is 41.1 Å². The molecule has 0 radical (unpaired) electrons. The Morgan fingerprint density at radius 2 is 1.83 bits per heavy atom. The van der Waals surface area contributed by atoms with Crippen molar-refractivity contribution in [2.45, 2.75) is 43.9 Å². The molecule has 2 unspecified atom stereocenters. The van der Waals surface area contributed by atoms with E-state index in [9.17, 15) is 0 Å². The Morgan fingerprint density at radius 1 is 1.17 bits per heavy atom. The highest BCUT2D eigenvalue weighted by Crippen LogP contribution is 2.23. The van der Waals surface area contributed by atoms with Crippen LogP contribution >= 0.6 is 0 Å². The SMILES string of the molecule is COC(CCC1CCCO1)C[Si](OC)(OC)OC. The van der Waals surface area contributed by atoms with Crippen molar-refractivity contribution in [2.24, 2.45) is 0 Å². The van der Waals surface area contributed by atoms with Gasteiger partial charge in [-0.05, 0) is 25.7 Å². The van der Waals surface area contributed by atoms with E-state index in [1.807, 2.05) is 0 Å². The Morgan fingerprint density at radius 3 is 2.28 bits per heavy atom. The molecule has 0 aromatic carbocycles. The summed E-state index contributed by atoms with van der Waals surface area (Å²) >= 11 is 0. The van der Waals surface area contributed by atoms with Gasteiger partial charge in [0.15, 0.2) is 0 Å². The molecule has 1 fully saturated rings. The van der Waals surface area contributed by atoms with Crippen LogP contribution in [0.5, 0.6) is 0 Å². The van der Waals surface area contributed by atoms with E-state index >= 15 is 0 Å². The molecular formula is C12H26O5Si. The molecule has 1 aliphatic heterocycles. The first-order valence-electron chi connectivity index (χ1n) is 6.49. The molecule has 0 amide bonds. The van der Waals surface area contributed by atoms with Crippen LogP contribution in [0, 0.1) is 0 Å². The molecule has 2 atom stereocenters. The predicted octanol–water partition coefficient (Wildman–Crippen LogP) is 1.84. The zero-order chi connectivity index (χ0) is 13.4. The third-order valence-electron chi connectivity index (χ3n) is 3.58. The molecule has 18 heavy (non-hydrogen) atoms. The van der Waals surface area contributed by atoms with Crippen LogP contribution in [0.4, 0.5) is 0 Å². The topological polar surface area (TPSA) is 46.2 Å². The minimum absolute atomic E-state index is 0.0979. The van der Waals surface area contributed by atoms with Crippen molar-refractivity contribution < 1.29 is 22.8 Å². The second-order valence-electron chi connectivity index (χ2n) is 4.57. The van der Waals surface area contributed by atoms with Gasteiger partial charge in [-0.1, -0.05) is 0 Å². The maximum absolute atomic E-state index is 5.62. The Hall–Kier alpha value is 0.0169. The second-order valence-corrected chi connectivity index (χ2v) is 7.57. The first-order valence-corrected chi connectivity index (χ1v) is 8.42. The van der Waals surface area contributed by atoms with Gasteiger partial charge in [-0.2, -0.15) is 0 Å². The summed E-state index contributed by atoms with van der Waals surface area (Å²) in [6.45, 7) is 0.898. The summed E-state index contributed by atoms with van der Waals surface area (Å²) in [6.07, 6.45) is 4.81. The molecule has 5 nitrogen and oxygen atoms in total. The summed E-state index contributed by atoms with van der Waals surface area (Å²) in [5.74, 6) is 0. The number of methoxy groups -OCH3 is 1. The van der Waals surface area contributed by atoms with Crippen molar-refractivity contribution in [2.75, 3.05) is 35.0 Å². The van der Waals surface area contributed by atoms with Crippen LogP contribution in [0.15, 0.2) is 0 Å². The third kappa shape index (κ3) is 4.60. The van der Waals surface area contributed by atoms with E-state index in [1.54, 1.807) is 28.4 Å². The van der Waals surface area contributed by atoms with E-state index in [4.69, 9.17) is 22.8 Å². The molecule has 108 valence electrons. The first kappa shape index (κ1) is 16.1. The fourth-order valence-electron chi connectivity index (χ4n) is 2.33. The second kappa shape index (κ2) is 8.24. The first-order chi connectivity index (χ1) is 8.69. The van der Waals surface area contributed by atoms with Gasteiger partial charge >= 0.3 is 8.80 Å². The molecule has 6 heteroatoms. The highest BCUT2D eigenvalue weighted by Gasteiger charge is 2.40. The van der Waals surface area contributed by atoms with E-state index in [1.165, 1.54) is 6.42 Å². The molecule has 0 saturated carbocycles. The molecule has 1 heterocycles. The molecule has 0 N–H and O–H groups in total. The fourth-order valence-corrected chi connectivity index (χ4v) is 4.25. The minimum Gasteiger partial charge on any atom is -0.381 e. The number of hydrogen-bond acceptors (Lipinski definition) is 5. The largest absolute Gasteiger partial charge is 0.502 e. The van der Waals surface area contributed by atoms with Gasteiger partial charge in [0.05, 0.1) is 12.2 Å². The average molecular weight is 278 g/mol. The maximum Gasteiger partial charge on any atom is 0.502 e. The zero-order valence-corrected chi connectivity index (χ0v) is 12.9. The highest BCUT2D eigenvalue weighted by atomic mass is 28.4. The van der Waals surface area contributed by atoms with Gasteiger partial charge in [0.25, 0.3) is 0 Å². The number of hydrogen-bond donors (Lipinski definition) is 0. The zero-order valence-electron chi connectivity index (χ0n) is 11.9. The smallest absolute Gasteiger partial charge is 0.381 e. The van der Waals surface area contributed by atoms with Crippen molar-refractivity contribution in [3.8, 4) is 0 Å². The van der Waals surface area contributed by atoms with Crippen LogP contribution in [0.2, 0.25) is 6.04 Å².